The van der Waals surface area contributed by atoms with E-state index >= 15 is 0 Å². The van der Waals surface area contributed by atoms with Gasteiger partial charge >= 0.3 is 6.09 Å². The maximum atomic E-state index is 14.2. The van der Waals surface area contributed by atoms with E-state index in [4.69, 9.17) is 9.47 Å². The van der Waals surface area contributed by atoms with Crippen LogP contribution < -0.4 is 10.6 Å². The second-order valence-corrected chi connectivity index (χ2v) is 13.4. The number of methoxy groups -OCH3 is 1. The predicted molar refractivity (Wildman–Crippen MR) is 163 cm³/mol. The fourth-order valence-corrected chi connectivity index (χ4v) is 6.72. The van der Waals surface area contributed by atoms with Crippen LogP contribution in [0.5, 0.6) is 0 Å². The van der Waals surface area contributed by atoms with Gasteiger partial charge in [0.1, 0.15) is 23.7 Å². The van der Waals surface area contributed by atoms with Crippen molar-refractivity contribution in [2.45, 2.75) is 121 Å². The lowest BCUT2D eigenvalue weighted by atomic mass is 9.87. The summed E-state index contributed by atoms with van der Waals surface area (Å²) in [5.74, 6) is -0.610. The Kier molecular flexibility index (Phi) is 10.7. The Balaban J connectivity index is 1.51. The summed E-state index contributed by atoms with van der Waals surface area (Å²) in [6.07, 6.45) is 6.53. The molecule has 238 valence electrons. The smallest absolute Gasteiger partial charge is 0.410 e. The van der Waals surface area contributed by atoms with Crippen LogP contribution in [0.25, 0.3) is 0 Å². The maximum absolute atomic E-state index is 14.2. The number of hydrogen-bond acceptors (Lipinski definition) is 6. The van der Waals surface area contributed by atoms with E-state index in [9.17, 15) is 19.2 Å². The van der Waals surface area contributed by atoms with Crippen LogP contribution in [0.15, 0.2) is 24.3 Å². The largest absolute Gasteiger partial charge is 0.444 e. The quantitative estimate of drug-likeness (QED) is 0.465. The van der Waals surface area contributed by atoms with Crippen molar-refractivity contribution < 1.29 is 28.7 Å². The lowest BCUT2D eigenvalue weighted by Gasteiger charge is -2.38. The fourth-order valence-electron chi connectivity index (χ4n) is 6.72. The van der Waals surface area contributed by atoms with E-state index in [2.05, 4.69) is 22.8 Å². The highest BCUT2D eigenvalue weighted by molar-refractivity contribution is 5.94. The lowest BCUT2D eigenvalue weighted by Crippen LogP contribution is -2.59. The van der Waals surface area contributed by atoms with Gasteiger partial charge in [0.05, 0.1) is 6.04 Å². The van der Waals surface area contributed by atoms with Gasteiger partial charge in [-0.15, -0.1) is 0 Å². The molecule has 2 N–H and O–H groups in total. The van der Waals surface area contributed by atoms with Gasteiger partial charge in [-0.3, -0.25) is 19.3 Å². The summed E-state index contributed by atoms with van der Waals surface area (Å²) in [6, 6.07) is 5.86. The van der Waals surface area contributed by atoms with Crippen LogP contribution >= 0.6 is 0 Å². The molecule has 2 fully saturated rings. The number of nitrogens with one attached hydrogen (secondary N) is 2. The molecule has 10 heteroatoms. The van der Waals surface area contributed by atoms with E-state index in [1.54, 1.807) is 39.7 Å². The predicted octanol–water partition coefficient (Wildman–Crippen LogP) is 4.12. The number of benzene rings is 1. The molecule has 4 amide bonds. The molecule has 0 aromatic heterocycles. The van der Waals surface area contributed by atoms with Crippen molar-refractivity contribution in [3.05, 3.63) is 35.4 Å². The monoisotopic (exact) mass is 598 g/mol. The number of likely N-dealkylation sites (N-methyl/N-ethyl adjacent to an activating group) is 1. The van der Waals surface area contributed by atoms with Crippen LogP contribution in [-0.4, -0.2) is 84.1 Å². The van der Waals surface area contributed by atoms with E-state index in [1.807, 2.05) is 12.1 Å². The molecular weight excluding hydrogens is 548 g/mol. The number of nitrogens with zero attached hydrogens (tertiary/aromatic N) is 2. The van der Waals surface area contributed by atoms with Crippen molar-refractivity contribution >= 4 is 23.8 Å². The molecule has 0 bridgehead atoms. The summed E-state index contributed by atoms with van der Waals surface area (Å²) in [6.45, 7) is 7.49. The number of ether oxygens (including phenoxy) is 2. The molecule has 1 aromatic rings. The standard InChI is InChI=1S/C33H50N4O6/c1-21(36(5)32(41)43-33(2,3)4)29(38)35-27-20-22(18-19-42-6)14-15-24-16-17-28(37(24)31(27)40)30(39)34-26-13-9-11-23-10-7-8-12-25(23)26/h7-8,10,12,21-22,24,26-28H,9,11,13-20H2,1-6H3,(H,34,39)(H,35,38)/t21-,22?,24-,26+,27-,28-/m0/s1. The molecule has 0 saturated carbocycles. The van der Waals surface area contributed by atoms with E-state index < -0.39 is 35.7 Å². The van der Waals surface area contributed by atoms with Gasteiger partial charge in [0, 0.05) is 26.8 Å². The summed E-state index contributed by atoms with van der Waals surface area (Å²) < 4.78 is 10.8. The van der Waals surface area contributed by atoms with Gasteiger partial charge in [0.2, 0.25) is 17.7 Å². The van der Waals surface area contributed by atoms with Crippen molar-refractivity contribution in [3.63, 3.8) is 0 Å². The van der Waals surface area contributed by atoms with E-state index in [-0.39, 0.29) is 29.8 Å². The van der Waals surface area contributed by atoms with Gasteiger partial charge in [-0.05, 0) is 103 Å². The minimum absolute atomic E-state index is 0.0616. The molecule has 0 radical (unpaired) electrons. The summed E-state index contributed by atoms with van der Waals surface area (Å²) >= 11 is 0. The van der Waals surface area contributed by atoms with Crippen LogP contribution in [0.1, 0.15) is 96.2 Å². The zero-order valence-electron chi connectivity index (χ0n) is 26.7. The molecule has 10 nitrogen and oxygen atoms in total. The van der Waals surface area contributed by atoms with Crippen molar-refractivity contribution in [2.24, 2.45) is 5.92 Å². The summed E-state index contributed by atoms with van der Waals surface area (Å²) in [4.78, 5) is 57.1. The zero-order valence-corrected chi connectivity index (χ0v) is 26.7. The first-order valence-corrected chi connectivity index (χ1v) is 15.8. The minimum atomic E-state index is -0.856. The van der Waals surface area contributed by atoms with E-state index in [1.165, 1.54) is 17.5 Å². The molecule has 0 spiro atoms. The Morgan fingerprint density at radius 2 is 1.77 bits per heavy atom. The average molecular weight is 599 g/mol. The molecule has 2 aliphatic heterocycles. The SMILES string of the molecule is COCCC1CC[C@H]2CC[C@@H](C(=O)N[C@@H]3CCCc4ccccc43)N2C(=O)[C@@H](NC(=O)[C@H](C)N(C)C(=O)OC(C)(C)C)C1. The van der Waals surface area contributed by atoms with E-state index in [0.717, 1.165) is 50.5 Å². The first-order chi connectivity index (χ1) is 20.4. The Morgan fingerprint density at radius 1 is 1.05 bits per heavy atom. The number of carbonyl (C=O) groups is 4. The van der Waals surface area contributed by atoms with Gasteiger partial charge in [0.15, 0.2) is 0 Å². The molecule has 1 aliphatic carbocycles. The molecule has 2 heterocycles. The zero-order chi connectivity index (χ0) is 31.3. The second kappa shape index (κ2) is 14.1. The first-order valence-electron chi connectivity index (χ1n) is 15.8. The van der Waals surface area contributed by atoms with Gasteiger partial charge in [-0.2, -0.15) is 0 Å². The van der Waals surface area contributed by atoms with Crippen molar-refractivity contribution in [1.29, 1.82) is 0 Å². The number of amides is 4. The van der Waals surface area contributed by atoms with Crippen LogP contribution in [0, 0.1) is 5.92 Å². The van der Waals surface area contributed by atoms with E-state index in [0.29, 0.717) is 19.4 Å². The third-order valence-corrected chi connectivity index (χ3v) is 9.21. The highest BCUT2D eigenvalue weighted by atomic mass is 16.6. The number of carbonyl (C=O) groups excluding carboxylic acids is 4. The Morgan fingerprint density at radius 3 is 2.49 bits per heavy atom. The molecule has 1 aromatic carbocycles. The lowest BCUT2D eigenvalue weighted by molar-refractivity contribution is -0.145. The Hall–Kier alpha value is -3.14. The number of rotatable bonds is 8. The Labute approximate surface area is 256 Å². The van der Waals surface area contributed by atoms with Crippen molar-refractivity contribution in [1.82, 2.24) is 20.4 Å². The highest BCUT2D eigenvalue weighted by Gasteiger charge is 2.46. The van der Waals surface area contributed by atoms with Crippen molar-refractivity contribution in [3.8, 4) is 0 Å². The molecule has 4 rings (SSSR count). The Bertz CT molecular complexity index is 1170. The van der Waals surface area contributed by atoms with Crippen LogP contribution in [0.2, 0.25) is 0 Å². The third kappa shape index (κ3) is 8.08. The van der Waals surface area contributed by atoms with Gasteiger partial charge < -0.3 is 25.0 Å². The van der Waals surface area contributed by atoms with Gasteiger partial charge in [-0.25, -0.2) is 4.79 Å². The topological polar surface area (TPSA) is 117 Å². The normalized spacial score (nSPS) is 26.3. The minimum Gasteiger partial charge on any atom is -0.444 e. The van der Waals surface area contributed by atoms with Crippen LogP contribution in [0.4, 0.5) is 4.79 Å². The molecule has 6 atom stereocenters. The molecule has 3 aliphatic rings. The average Bonchev–Trinajstić information content (AvgIpc) is 3.39. The molecule has 43 heavy (non-hydrogen) atoms. The third-order valence-electron chi connectivity index (χ3n) is 9.21. The van der Waals surface area contributed by atoms with Gasteiger partial charge in [-0.1, -0.05) is 24.3 Å². The maximum Gasteiger partial charge on any atom is 0.410 e. The number of hydrogen-bond donors (Lipinski definition) is 2. The first kappa shape index (κ1) is 32.8. The number of fused-ring (bicyclic) bond motifs is 2. The molecule has 1 unspecified atom stereocenters. The summed E-state index contributed by atoms with van der Waals surface area (Å²) in [5.41, 5.74) is 1.72. The fraction of sp³-hybridized carbons (Fsp3) is 0.697. The van der Waals surface area contributed by atoms with Crippen LogP contribution in [0.3, 0.4) is 0 Å². The molecular formula is C33H50N4O6. The van der Waals surface area contributed by atoms with Gasteiger partial charge in [0.25, 0.3) is 0 Å². The van der Waals surface area contributed by atoms with Crippen molar-refractivity contribution in [2.75, 3.05) is 20.8 Å². The second-order valence-electron chi connectivity index (χ2n) is 13.4. The summed E-state index contributed by atoms with van der Waals surface area (Å²) in [5, 5.41) is 6.22. The molecule has 2 saturated heterocycles. The van der Waals surface area contributed by atoms with Crippen LogP contribution in [-0.2, 0) is 30.3 Å². The summed E-state index contributed by atoms with van der Waals surface area (Å²) in [7, 11) is 3.17. The highest BCUT2D eigenvalue weighted by Crippen LogP contribution is 2.35. The number of aryl methyl sites for hydroxylation is 1.